The normalized spacial score (nSPS) is 14.8. The molecule has 2 aromatic heterocycles. The predicted molar refractivity (Wildman–Crippen MR) is 108 cm³/mol. The van der Waals surface area contributed by atoms with E-state index in [2.05, 4.69) is 20.5 Å². The molecule has 3 aromatic rings. The summed E-state index contributed by atoms with van der Waals surface area (Å²) in [4.78, 5) is 30.9. The molecule has 0 atom stereocenters. The highest BCUT2D eigenvalue weighted by Gasteiger charge is 2.24. The average Bonchev–Trinajstić information content (AvgIpc) is 3.10. The van der Waals surface area contributed by atoms with E-state index < -0.39 is 11.6 Å². The third-order valence-corrected chi connectivity index (χ3v) is 5.47. The molecule has 0 aliphatic carbocycles. The van der Waals surface area contributed by atoms with E-state index in [1.54, 1.807) is 24.8 Å². The molecule has 1 aromatic carbocycles. The van der Waals surface area contributed by atoms with E-state index in [0.717, 1.165) is 0 Å². The SMILES string of the molecule is CC(=O)N1CCC(NC(=O)c2cc(-c3ccc(O)c(F)c3)nc3[nH]nc(C)c23)CC1. The number of carbonyl (C=O) groups excluding carboxylic acids is 2. The standard InChI is InChI=1S/C21H22FN5O3/c1-11-19-15(21(30)23-14-5-7-27(8-6-14)12(2)28)10-17(24-20(19)26-25-11)13-3-4-18(29)16(22)9-13/h3-4,9-10,14,29H,5-8H2,1-2H3,(H,23,30)(H,24,25,26). The van der Waals surface area contributed by atoms with E-state index in [1.807, 2.05) is 0 Å². The molecule has 1 aliphatic rings. The van der Waals surface area contributed by atoms with Crippen LogP contribution in [0.2, 0.25) is 0 Å². The van der Waals surface area contributed by atoms with E-state index in [1.165, 1.54) is 18.2 Å². The molecule has 0 unspecified atom stereocenters. The number of rotatable bonds is 3. The van der Waals surface area contributed by atoms with Crippen LogP contribution >= 0.6 is 0 Å². The lowest BCUT2D eigenvalue weighted by molar-refractivity contribution is -0.129. The van der Waals surface area contributed by atoms with Crippen LogP contribution in [0, 0.1) is 12.7 Å². The fourth-order valence-corrected chi connectivity index (χ4v) is 3.78. The maximum absolute atomic E-state index is 13.8. The van der Waals surface area contributed by atoms with Gasteiger partial charge >= 0.3 is 0 Å². The van der Waals surface area contributed by atoms with Crippen molar-refractivity contribution in [2.24, 2.45) is 0 Å². The number of pyridine rings is 1. The topological polar surface area (TPSA) is 111 Å². The third kappa shape index (κ3) is 3.70. The van der Waals surface area contributed by atoms with E-state index in [9.17, 15) is 19.1 Å². The van der Waals surface area contributed by atoms with Crippen molar-refractivity contribution < 1.29 is 19.1 Å². The van der Waals surface area contributed by atoms with Crippen molar-refractivity contribution in [3.63, 3.8) is 0 Å². The van der Waals surface area contributed by atoms with Crippen LogP contribution in [0.4, 0.5) is 4.39 Å². The predicted octanol–water partition coefficient (Wildman–Crippen LogP) is 2.52. The summed E-state index contributed by atoms with van der Waals surface area (Å²) in [5, 5.41) is 20.1. The minimum absolute atomic E-state index is 0.0374. The van der Waals surface area contributed by atoms with Crippen LogP contribution in [0.1, 0.15) is 35.8 Å². The number of aromatic amines is 1. The number of aromatic hydroxyl groups is 1. The Balaban J connectivity index is 1.65. The summed E-state index contributed by atoms with van der Waals surface area (Å²) in [6.45, 7) is 4.54. The lowest BCUT2D eigenvalue weighted by atomic mass is 10.0. The monoisotopic (exact) mass is 411 g/mol. The van der Waals surface area contributed by atoms with Crippen molar-refractivity contribution in [3.05, 3.63) is 41.3 Å². The van der Waals surface area contributed by atoms with Gasteiger partial charge in [-0.3, -0.25) is 14.7 Å². The highest BCUT2D eigenvalue weighted by Crippen LogP contribution is 2.28. The molecule has 0 radical (unpaired) electrons. The first-order valence-electron chi connectivity index (χ1n) is 9.74. The van der Waals surface area contributed by atoms with Gasteiger partial charge < -0.3 is 15.3 Å². The number of hydrogen-bond acceptors (Lipinski definition) is 5. The molecule has 4 rings (SSSR count). The van der Waals surface area contributed by atoms with Gasteiger partial charge in [-0.15, -0.1) is 0 Å². The number of likely N-dealkylation sites (tertiary alicyclic amines) is 1. The van der Waals surface area contributed by atoms with Gasteiger partial charge in [0.15, 0.2) is 17.2 Å². The molecule has 9 heteroatoms. The summed E-state index contributed by atoms with van der Waals surface area (Å²) in [6.07, 6.45) is 1.36. The Hall–Kier alpha value is -3.49. The van der Waals surface area contributed by atoms with E-state index in [-0.39, 0.29) is 17.9 Å². The smallest absolute Gasteiger partial charge is 0.252 e. The van der Waals surface area contributed by atoms with Crippen LogP contribution < -0.4 is 5.32 Å². The number of carbonyl (C=O) groups is 2. The molecular weight excluding hydrogens is 389 g/mol. The molecule has 0 saturated carbocycles. The van der Waals surface area contributed by atoms with Crippen molar-refractivity contribution in [1.29, 1.82) is 0 Å². The van der Waals surface area contributed by atoms with Crippen molar-refractivity contribution in [2.45, 2.75) is 32.7 Å². The molecule has 8 nitrogen and oxygen atoms in total. The highest BCUT2D eigenvalue weighted by atomic mass is 19.1. The average molecular weight is 411 g/mol. The second kappa shape index (κ2) is 7.74. The zero-order valence-corrected chi connectivity index (χ0v) is 16.7. The molecule has 2 amide bonds. The first-order valence-corrected chi connectivity index (χ1v) is 9.74. The summed E-state index contributed by atoms with van der Waals surface area (Å²) >= 11 is 0. The van der Waals surface area contributed by atoms with Gasteiger partial charge in [-0.25, -0.2) is 9.37 Å². The number of aryl methyl sites for hydroxylation is 1. The number of benzene rings is 1. The minimum atomic E-state index is -0.765. The van der Waals surface area contributed by atoms with Gasteiger partial charge in [0.1, 0.15) is 0 Å². The fraction of sp³-hybridized carbons (Fsp3) is 0.333. The second-order valence-corrected chi connectivity index (χ2v) is 7.51. The van der Waals surface area contributed by atoms with Gasteiger partial charge in [0.25, 0.3) is 5.91 Å². The molecule has 1 saturated heterocycles. The molecule has 1 fully saturated rings. The quantitative estimate of drug-likeness (QED) is 0.613. The van der Waals surface area contributed by atoms with Crippen LogP contribution in [-0.2, 0) is 4.79 Å². The zero-order chi connectivity index (χ0) is 21.4. The van der Waals surface area contributed by atoms with Crippen molar-refractivity contribution in [3.8, 4) is 17.0 Å². The molecule has 1 aliphatic heterocycles. The molecule has 3 N–H and O–H groups in total. The Morgan fingerprint density at radius 1 is 1.27 bits per heavy atom. The van der Waals surface area contributed by atoms with E-state index in [4.69, 9.17) is 0 Å². The number of phenols is 1. The van der Waals surface area contributed by atoms with Crippen molar-refractivity contribution in [1.82, 2.24) is 25.4 Å². The summed E-state index contributed by atoms with van der Waals surface area (Å²) in [5.41, 5.74) is 2.28. The number of fused-ring (bicyclic) bond motifs is 1. The summed E-state index contributed by atoms with van der Waals surface area (Å²) in [6, 6.07) is 5.52. The summed E-state index contributed by atoms with van der Waals surface area (Å²) in [7, 11) is 0. The molecule has 156 valence electrons. The number of H-pyrrole nitrogens is 1. The number of halogens is 1. The summed E-state index contributed by atoms with van der Waals surface area (Å²) in [5.74, 6) is -1.45. The van der Waals surface area contributed by atoms with Crippen LogP contribution in [0.3, 0.4) is 0 Å². The lowest BCUT2D eigenvalue weighted by Crippen LogP contribution is -2.46. The Morgan fingerprint density at radius 3 is 2.67 bits per heavy atom. The largest absolute Gasteiger partial charge is 0.505 e. The van der Waals surface area contributed by atoms with Gasteiger partial charge in [-0.1, -0.05) is 0 Å². The van der Waals surface area contributed by atoms with Gasteiger partial charge in [0, 0.05) is 31.6 Å². The molecule has 0 spiro atoms. The Morgan fingerprint density at radius 2 is 2.00 bits per heavy atom. The van der Waals surface area contributed by atoms with Gasteiger partial charge in [-0.05, 0) is 44.0 Å². The van der Waals surface area contributed by atoms with Crippen molar-refractivity contribution >= 4 is 22.8 Å². The molecule has 30 heavy (non-hydrogen) atoms. The van der Waals surface area contributed by atoms with Gasteiger partial charge in [-0.2, -0.15) is 5.10 Å². The number of aromatic nitrogens is 3. The number of nitrogens with one attached hydrogen (secondary N) is 2. The molecule has 0 bridgehead atoms. The third-order valence-electron chi connectivity index (χ3n) is 5.47. The van der Waals surface area contributed by atoms with Crippen LogP contribution in [-0.4, -0.2) is 56.1 Å². The first-order chi connectivity index (χ1) is 14.3. The minimum Gasteiger partial charge on any atom is -0.505 e. The van der Waals surface area contributed by atoms with Crippen LogP contribution in [0.15, 0.2) is 24.3 Å². The number of nitrogens with zero attached hydrogens (tertiary/aromatic N) is 3. The van der Waals surface area contributed by atoms with Gasteiger partial charge in [0.05, 0.1) is 22.3 Å². The van der Waals surface area contributed by atoms with Gasteiger partial charge in [0.2, 0.25) is 5.91 Å². The van der Waals surface area contributed by atoms with E-state index >= 15 is 0 Å². The van der Waals surface area contributed by atoms with E-state index in [0.29, 0.717) is 59.5 Å². The van der Waals surface area contributed by atoms with Crippen LogP contribution in [0.25, 0.3) is 22.3 Å². The number of amides is 2. The summed E-state index contributed by atoms with van der Waals surface area (Å²) < 4.78 is 13.8. The first kappa shape index (κ1) is 19.8. The maximum Gasteiger partial charge on any atom is 0.252 e. The Labute approximate surface area is 172 Å². The highest BCUT2D eigenvalue weighted by molar-refractivity contribution is 6.07. The fourth-order valence-electron chi connectivity index (χ4n) is 3.78. The lowest BCUT2D eigenvalue weighted by Gasteiger charge is -2.31. The Kier molecular flexibility index (Phi) is 5.11. The van der Waals surface area contributed by atoms with Crippen molar-refractivity contribution in [2.75, 3.05) is 13.1 Å². The zero-order valence-electron chi connectivity index (χ0n) is 16.7. The molecular formula is C21H22FN5O3. The number of hydrogen-bond donors (Lipinski definition) is 3. The second-order valence-electron chi connectivity index (χ2n) is 7.51. The molecule has 3 heterocycles. The Bertz CT molecular complexity index is 1140. The number of piperidine rings is 1. The number of phenolic OH excluding ortho intramolecular Hbond substituents is 1. The van der Waals surface area contributed by atoms with Crippen LogP contribution in [0.5, 0.6) is 5.75 Å². The maximum atomic E-state index is 13.8.